The summed E-state index contributed by atoms with van der Waals surface area (Å²) in [6, 6.07) is 3.88. The first-order valence-corrected chi connectivity index (χ1v) is 9.81. The number of hydrogen-bond acceptors (Lipinski definition) is 3. The molecule has 2 atom stereocenters. The van der Waals surface area contributed by atoms with Crippen LogP contribution in [0.15, 0.2) is 18.2 Å². The summed E-state index contributed by atoms with van der Waals surface area (Å²) >= 11 is 5.80. The van der Waals surface area contributed by atoms with E-state index in [4.69, 9.17) is 16.3 Å². The molecule has 2 aliphatic rings. The Balaban J connectivity index is 1.79. The van der Waals surface area contributed by atoms with Crippen molar-refractivity contribution in [1.82, 2.24) is 9.80 Å². The van der Waals surface area contributed by atoms with E-state index in [-0.39, 0.29) is 34.7 Å². The average molecular weight is 397 g/mol. The lowest BCUT2D eigenvalue weighted by Crippen LogP contribution is -2.51. The number of carbonyl (C=O) groups is 2. The third-order valence-corrected chi connectivity index (χ3v) is 5.33. The lowest BCUT2D eigenvalue weighted by molar-refractivity contribution is 0.0146. The van der Waals surface area contributed by atoms with E-state index in [1.165, 1.54) is 12.1 Å². The predicted octanol–water partition coefficient (Wildman–Crippen LogP) is 4.48. The number of benzene rings is 1. The number of amides is 2. The van der Waals surface area contributed by atoms with Crippen LogP contribution in [0.2, 0.25) is 5.02 Å². The molecule has 0 unspecified atom stereocenters. The maximum absolute atomic E-state index is 14.2. The lowest BCUT2D eigenvalue weighted by Gasteiger charge is -2.35. The second-order valence-corrected chi connectivity index (χ2v) is 8.65. The molecule has 2 amide bonds. The minimum atomic E-state index is -0.617. The van der Waals surface area contributed by atoms with E-state index in [2.05, 4.69) is 0 Å². The van der Waals surface area contributed by atoms with Gasteiger partial charge in [-0.15, -0.1) is 0 Å². The number of likely N-dealkylation sites (tertiary alicyclic amines) is 2. The number of ether oxygens (including phenoxy) is 1. The molecule has 7 heteroatoms. The fourth-order valence-corrected chi connectivity index (χ4v) is 4.16. The van der Waals surface area contributed by atoms with E-state index < -0.39 is 11.4 Å². The van der Waals surface area contributed by atoms with Gasteiger partial charge in [-0.3, -0.25) is 4.79 Å². The van der Waals surface area contributed by atoms with Crippen molar-refractivity contribution < 1.29 is 18.7 Å². The lowest BCUT2D eigenvalue weighted by atomic mass is 10.0. The Morgan fingerprint density at radius 1 is 1.11 bits per heavy atom. The van der Waals surface area contributed by atoms with E-state index in [9.17, 15) is 14.0 Å². The highest BCUT2D eigenvalue weighted by atomic mass is 35.5. The van der Waals surface area contributed by atoms with Gasteiger partial charge in [0.15, 0.2) is 0 Å². The van der Waals surface area contributed by atoms with E-state index in [0.717, 1.165) is 31.7 Å². The standard InChI is InChI=1S/C20H26ClFN2O3/c1-20(2,3)27-19(26)24-11-5-7-17(24)16-6-4-10-23(16)18(25)14-9-8-13(21)12-15(14)22/h8-9,12,16-17H,4-7,10-11H2,1-3H3/t16-,17+/m0/s1. The van der Waals surface area contributed by atoms with Gasteiger partial charge in [0.25, 0.3) is 5.91 Å². The van der Waals surface area contributed by atoms with Gasteiger partial charge in [0.05, 0.1) is 17.6 Å². The highest BCUT2D eigenvalue weighted by Crippen LogP contribution is 2.32. The maximum Gasteiger partial charge on any atom is 0.410 e. The summed E-state index contributed by atoms with van der Waals surface area (Å²) in [6.07, 6.45) is 2.98. The molecule has 5 nitrogen and oxygen atoms in total. The van der Waals surface area contributed by atoms with Crippen LogP contribution >= 0.6 is 11.6 Å². The average Bonchev–Trinajstić information content (AvgIpc) is 3.21. The van der Waals surface area contributed by atoms with Crippen molar-refractivity contribution in [1.29, 1.82) is 0 Å². The number of halogens is 2. The Hall–Kier alpha value is -1.82. The number of rotatable bonds is 2. The zero-order valence-electron chi connectivity index (χ0n) is 16.0. The molecule has 2 heterocycles. The topological polar surface area (TPSA) is 49.9 Å². The summed E-state index contributed by atoms with van der Waals surface area (Å²) in [5, 5.41) is 0.258. The molecular formula is C20H26ClFN2O3. The molecule has 0 radical (unpaired) electrons. The second kappa shape index (κ2) is 7.66. The fraction of sp³-hybridized carbons (Fsp3) is 0.600. The smallest absolute Gasteiger partial charge is 0.410 e. The first-order chi connectivity index (χ1) is 12.7. The van der Waals surface area contributed by atoms with Gasteiger partial charge < -0.3 is 14.5 Å². The van der Waals surface area contributed by atoms with E-state index in [1.807, 2.05) is 20.8 Å². The van der Waals surface area contributed by atoms with Gasteiger partial charge in [-0.2, -0.15) is 0 Å². The van der Waals surface area contributed by atoms with Crippen molar-refractivity contribution in [3.63, 3.8) is 0 Å². The molecule has 0 aliphatic carbocycles. The van der Waals surface area contributed by atoms with Crippen molar-refractivity contribution >= 4 is 23.6 Å². The van der Waals surface area contributed by atoms with Crippen molar-refractivity contribution in [3.8, 4) is 0 Å². The van der Waals surface area contributed by atoms with Crippen molar-refractivity contribution in [3.05, 3.63) is 34.6 Å². The highest BCUT2D eigenvalue weighted by molar-refractivity contribution is 6.30. The largest absolute Gasteiger partial charge is 0.444 e. The zero-order valence-corrected chi connectivity index (χ0v) is 16.8. The van der Waals surface area contributed by atoms with Crippen LogP contribution in [0.3, 0.4) is 0 Å². The molecule has 1 aromatic rings. The van der Waals surface area contributed by atoms with Crippen LogP contribution in [-0.4, -0.2) is 52.6 Å². The van der Waals surface area contributed by atoms with Crippen LogP contribution in [-0.2, 0) is 4.74 Å². The molecule has 2 aliphatic heterocycles. The Labute approximate surface area is 164 Å². The third-order valence-electron chi connectivity index (χ3n) is 5.09. The Kier molecular flexibility index (Phi) is 5.65. The number of carbonyl (C=O) groups excluding carboxylic acids is 2. The van der Waals surface area contributed by atoms with Crippen LogP contribution in [0.25, 0.3) is 0 Å². The molecule has 2 fully saturated rings. The minimum Gasteiger partial charge on any atom is -0.444 e. The van der Waals surface area contributed by atoms with Crippen LogP contribution in [0.5, 0.6) is 0 Å². The Bertz CT molecular complexity index is 734. The molecule has 0 N–H and O–H groups in total. The van der Waals surface area contributed by atoms with Gasteiger partial charge in [-0.25, -0.2) is 9.18 Å². The molecular weight excluding hydrogens is 371 g/mol. The molecule has 0 saturated carbocycles. The van der Waals surface area contributed by atoms with Crippen molar-refractivity contribution in [2.24, 2.45) is 0 Å². The number of hydrogen-bond donors (Lipinski definition) is 0. The molecule has 27 heavy (non-hydrogen) atoms. The van der Waals surface area contributed by atoms with Gasteiger partial charge in [-0.05, 0) is 64.7 Å². The number of nitrogens with zero attached hydrogens (tertiary/aromatic N) is 2. The molecule has 1 aromatic carbocycles. The van der Waals surface area contributed by atoms with Crippen LogP contribution in [0.4, 0.5) is 9.18 Å². The van der Waals surface area contributed by atoms with Gasteiger partial charge in [0.2, 0.25) is 0 Å². The monoisotopic (exact) mass is 396 g/mol. The fourth-order valence-electron chi connectivity index (χ4n) is 4.00. The van der Waals surface area contributed by atoms with E-state index >= 15 is 0 Å². The first-order valence-electron chi connectivity index (χ1n) is 9.43. The molecule has 0 spiro atoms. The quantitative estimate of drug-likeness (QED) is 0.740. The van der Waals surface area contributed by atoms with Gasteiger partial charge in [0, 0.05) is 18.1 Å². The molecule has 3 rings (SSSR count). The summed E-state index contributed by atoms with van der Waals surface area (Å²) in [7, 11) is 0. The summed E-state index contributed by atoms with van der Waals surface area (Å²) in [5.74, 6) is -0.962. The summed E-state index contributed by atoms with van der Waals surface area (Å²) < 4.78 is 19.8. The first kappa shape index (κ1) is 19.9. The molecule has 0 aromatic heterocycles. The molecule has 0 bridgehead atoms. The molecule has 2 saturated heterocycles. The van der Waals surface area contributed by atoms with Gasteiger partial charge in [0.1, 0.15) is 11.4 Å². The normalized spacial score (nSPS) is 23.0. The van der Waals surface area contributed by atoms with Crippen LogP contribution in [0, 0.1) is 5.82 Å². The minimum absolute atomic E-state index is 0.0214. The SMILES string of the molecule is CC(C)(C)OC(=O)N1CCC[C@@H]1[C@@H]1CCCN1C(=O)c1ccc(Cl)cc1F. The summed E-state index contributed by atoms with van der Waals surface area (Å²) in [5.41, 5.74) is -0.546. The highest BCUT2D eigenvalue weighted by Gasteiger charge is 2.43. The maximum atomic E-state index is 14.2. The van der Waals surface area contributed by atoms with Crippen LogP contribution < -0.4 is 0 Å². The Morgan fingerprint density at radius 3 is 2.30 bits per heavy atom. The second-order valence-electron chi connectivity index (χ2n) is 8.22. The van der Waals surface area contributed by atoms with Crippen molar-refractivity contribution in [2.45, 2.75) is 64.1 Å². The molecule has 148 valence electrons. The predicted molar refractivity (Wildman–Crippen MR) is 101 cm³/mol. The van der Waals surface area contributed by atoms with Gasteiger partial charge >= 0.3 is 6.09 Å². The zero-order chi connectivity index (χ0) is 19.8. The van der Waals surface area contributed by atoms with E-state index in [0.29, 0.717) is 13.1 Å². The summed E-state index contributed by atoms with van der Waals surface area (Å²) in [6.45, 7) is 6.69. The Morgan fingerprint density at radius 2 is 1.70 bits per heavy atom. The van der Waals surface area contributed by atoms with Crippen LogP contribution in [0.1, 0.15) is 56.8 Å². The van der Waals surface area contributed by atoms with Crippen molar-refractivity contribution in [2.75, 3.05) is 13.1 Å². The summed E-state index contributed by atoms with van der Waals surface area (Å²) in [4.78, 5) is 29.0. The van der Waals surface area contributed by atoms with Gasteiger partial charge in [-0.1, -0.05) is 11.6 Å². The third kappa shape index (κ3) is 4.37. The van der Waals surface area contributed by atoms with E-state index in [1.54, 1.807) is 9.80 Å².